The molecule has 0 saturated carbocycles. The molecule has 0 saturated heterocycles. The second kappa shape index (κ2) is 5.63. The lowest BCUT2D eigenvalue weighted by Gasteiger charge is -2.08. The molecule has 88 valence electrons. The molecule has 1 aromatic heterocycles. The van der Waals surface area contributed by atoms with Crippen LogP contribution in [0.1, 0.15) is 5.56 Å². The van der Waals surface area contributed by atoms with E-state index in [0.29, 0.717) is 6.54 Å². The summed E-state index contributed by atoms with van der Waals surface area (Å²) in [5.74, 6) is 1.63. The van der Waals surface area contributed by atoms with Crippen molar-refractivity contribution < 1.29 is 4.74 Å². The van der Waals surface area contributed by atoms with Gasteiger partial charge in [-0.05, 0) is 33.6 Å². The van der Waals surface area contributed by atoms with Crippen LogP contribution in [0.2, 0.25) is 0 Å². The van der Waals surface area contributed by atoms with Gasteiger partial charge in [0, 0.05) is 12.7 Å². The van der Waals surface area contributed by atoms with Crippen LogP contribution in [0.5, 0.6) is 5.75 Å². The number of hydrogen-bond donors (Lipinski definition) is 1. The fraction of sp³-hybridized carbons (Fsp3) is 0.167. The van der Waals surface area contributed by atoms with Gasteiger partial charge in [-0.25, -0.2) is 9.97 Å². The van der Waals surface area contributed by atoms with E-state index in [1.165, 1.54) is 6.33 Å². The van der Waals surface area contributed by atoms with Crippen LogP contribution >= 0.6 is 15.9 Å². The van der Waals surface area contributed by atoms with E-state index in [-0.39, 0.29) is 0 Å². The lowest BCUT2D eigenvalue weighted by atomic mass is 10.2. The molecule has 2 aromatic rings. The van der Waals surface area contributed by atoms with E-state index in [1.54, 1.807) is 13.3 Å². The highest BCUT2D eigenvalue weighted by Gasteiger charge is 2.01. The summed E-state index contributed by atoms with van der Waals surface area (Å²) >= 11 is 3.39. The molecule has 0 atom stereocenters. The Morgan fingerprint density at radius 2 is 2.29 bits per heavy atom. The van der Waals surface area contributed by atoms with E-state index in [4.69, 9.17) is 4.74 Å². The molecule has 5 heteroatoms. The van der Waals surface area contributed by atoms with Gasteiger partial charge in [0.2, 0.25) is 0 Å². The Kier molecular flexibility index (Phi) is 3.93. The number of anilines is 1. The third-order valence-corrected chi connectivity index (χ3v) is 2.84. The van der Waals surface area contributed by atoms with Gasteiger partial charge in [0.25, 0.3) is 0 Å². The summed E-state index contributed by atoms with van der Waals surface area (Å²) in [5.41, 5.74) is 1.13. The molecule has 1 N–H and O–H groups in total. The standard InChI is InChI=1S/C12H12BrN3O/c1-17-10-4-2-3-9(5-10)6-15-12-11(13)7-14-8-16-12/h2-5,7-8H,6H2,1H3,(H,14,15,16). The molecule has 0 amide bonds. The molecule has 0 unspecified atom stereocenters. The Bertz CT molecular complexity index is 505. The topological polar surface area (TPSA) is 47.0 Å². The fourth-order valence-electron chi connectivity index (χ4n) is 1.41. The molecule has 0 aliphatic heterocycles. The first kappa shape index (κ1) is 11.9. The largest absolute Gasteiger partial charge is 0.497 e. The van der Waals surface area contributed by atoms with Crippen molar-refractivity contribution in [2.75, 3.05) is 12.4 Å². The Morgan fingerprint density at radius 3 is 3.06 bits per heavy atom. The Morgan fingerprint density at radius 1 is 1.41 bits per heavy atom. The quantitative estimate of drug-likeness (QED) is 0.942. The third kappa shape index (κ3) is 3.17. The number of aromatic nitrogens is 2. The minimum Gasteiger partial charge on any atom is -0.497 e. The first-order valence-corrected chi connectivity index (χ1v) is 5.91. The maximum Gasteiger partial charge on any atom is 0.144 e. The fourth-order valence-corrected chi connectivity index (χ4v) is 1.77. The summed E-state index contributed by atoms with van der Waals surface area (Å²) in [7, 11) is 1.66. The number of nitrogens with zero attached hydrogens (tertiary/aromatic N) is 2. The van der Waals surface area contributed by atoms with Crippen molar-refractivity contribution in [2.45, 2.75) is 6.54 Å². The number of hydrogen-bond acceptors (Lipinski definition) is 4. The van der Waals surface area contributed by atoms with Crippen molar-refractivity contribution in [3.05, 3.63) is 46.8 Å². The highest BCUT2D eigenvalue weighted by atomic mass is 79.9. The highest BCUT2D eigenvalue weighted by molar-refractivity contribution is 9.10. The van der Waals surface area contributed by atoms with Crippen LogP contribution in [0.25, 0.3) is 0 Å². The van der Waals surface area contributed by atoms with Crippen molar-refractivity contribution in [1.29, 1.82) is 0 Å². The zero-order valence-electron chi connectivity index (χ0n) is 9.35. The van der Waals surface area contributed by atoms with E-state index in [9.17, 15) is 0 Å². The average molecular weight is 294 g/mol. The van der Waals surface area contributed by atoms with Gasteiger partial charge < -0.3 is 10.1 Å². The summed E-state index contributed by atoms with van der Waals surface area (Å²) in [6.07, 6.45) is 3.22. The second-order valence-corrected chi connectivity index (χ2v) is 4.28. The van der Waals surface area contributed by atoms with Crippen LogP contribution in [0, 0.1) is 0 Å². The molecule has 0 aliphatic carbocycles. The number of rotatable bonds is 4. The van der Waals surface area contributed by atoms with Crippen LogP contribution < -0.4 is 10.1 Å². The molecule has 0 bridgehead atoms. The number of ether oxygens (including phenoxy) is 1. The zero-order valence-corrected chi connectivity index (χ0v) is 10.9. The first-order valence-electron chi connectivity index (χ1n) is 5.12. The summed E-state index contributed by atoms with van der Waals surface area (Å²) in [6.45, 7) is 0.687. The van der Waals surface area contributed by atoms with Gasteiger partial charge in [-0.1, -0.05) is 12.1 Å². The van der Waals surface area contributed by atoms with Crippen LogP contribution in [0.3, 0.4) is 0 Å². The molecular formula is C12H12BrN3O. The van der Waals surface area contributed by atoms with Crippen molar-refractivity contribution in [1.82, 2.24) is 9.97 Å². The molecule has 1 heterocycles. The van der Waals surface area contributed by atoms with E-state index < -0.39 is 0 Å². The summed E-state index contributed by atoms with van der Waals surface area (Å²) < 4.78 is 6.02. The van der Waals surface area contributed by atoms with Crippen molar-refractivity contribution in [3.63, 3.8) is 0 Å². The van der Waals surface area contributed by atoms with E-state index in [0.717, 1.165) is 21.6 Å². The highest BCUT2D eigenvalue weighted by Crippen LogP contribution is 2.19. The minimum absolute atomic E-state index is 0.687. The average Bonchev–Trinajstić information content (AvgIpc) is 2.38. The van der Waals surface area contributed by atoms with Gasteiger partial charge in [-0.2, -0.15) is 0 Å². The molecule has 1 aromatic carbocycles. The van der Waals surface area contributed by atoms with Crippen LogP contribution in [0.15, 0.2) is 41.3 Å². The molecule has 17 heavy (non-hydrogen) atoms. The molecule has 0 aliphatic rings. The molecule has 0 spiro atoms. The van der Waals surface area contributed by atoms with Crippen molar-refractivity contribution in [3.8, 4) is 5.75 Å². The molecule has 0 fully saturated rings. The van der Waals surface area contributed by atoms with Crippen LogP contribution in [0.4, 0.5) is 5.82 Å². The van der Waals surface area contributed by atoms with E-state index in [2.05, 4.69) is 31.2 Å². The van der Waals surface area contributed by atoms with Crippen molar-refractivity contribution in [2.24, 2.45) is 0 Å². The predicted molar refractivity (Wildman–Crippen MR) is 70.1 cm³/mol. The Labute approximate surface area is 108 Å². The predicted octanol–water partition coefficient (Wildman–Crippen LogP) is 2.86. The van der Waals surface area contributed by atoms with Gasteiger partial charge in [-0.3, -0.25) is 0 Å². The van der Waals surface area contributed by atoms with Crippen LogP contribution in [-0.4, -0.2) is 17.1 Å². The summed E-state index contributed by atoms with van der Waals surface area (Å²) in [6, 6.07) is 7.90. The van der Waals surface area contributed by atoms with Gasteiger partial charge in [0.1, 0.15) is 17.9 Å². The lowest BCUT2D eigenvalue weighted by molar-refractivity contribution is 0.414. The zero-order chi connectivity index (χ0) is 12.1. The van der Waals surface area contributed by atoms with Crippen LogP contribution in [-0.2, 0) is 6.54 Å². The van der Waals surface area contributed by atoms with Gasteiger partial charge in [0.15, 0.2) is 0 Å². The molecule has 4 nitrogen and oxygen atoms in total. The first-order chi connectivity index (χ1) is 8.29. The number of halogens is 1. The van der Waals surface area contributed by atoms with E-state index >= 15 is 0 Å². The normalized spacial score (nSPS) is 10.0. The Balaban J connectivity index is 2.05. The number of benzene rings is 1. The van der Waals surface area contributed by atoms with Gasteiger partial charge in [0.05, 0.1) is 11.6 Å². The number of nitrogens with one attached hydrogen (secondary N) is 1. The molecule has 0 radical (unpaired) electrons. The van der Waals surface area contributed by atoms with Gasteiger partial charge in [-0.15, -0.1) is 0 Å². The summed E-state index contributed by atoms with van der Waals surface area (Å²) in [5, 5.41) is 3.23. The third-order valence-electron chi connectivity index (χ3n) is 2.26. The maximum absolute atomic E-state index is 5.17. The SMILES string of the molecule is COc1cccc(CNc2ncncc2Br)c1. The maximum atomic E-state index is 5.17. The monoisotopic (exact) mass is 293 g/mol. The smallest absolute Gasteiger partial charge is 0.144 e. The molecular weight excluding hydrogens is 282 g/mol. The Hall–Kier alpha value is -1.62. The summed E-state index contributed by atoms with van der Waals surface area (Å²) in [4.78, 5) is 8.04. The van der Waals surface area contributed by atoms with E-state index in [1.807, 2.05) is 24.3 Å². The van der Waals surface area contributed by atoms with Gasteiger partial charge >= 0.3 is 0 Å². The van der Waals surface area contributed by atoms with Crippen molar-refractivity contribution >= 4 is 21.7 Å². The number of methoxy groups -OCH3 is 1. The second-order valence-electron chi connectivity index (χ2n) is 3.42. The molecule has 2 rings (SSSR count). The lowest BCUT2D eigenvalue weighted by Crippen LogP contribution is -2.02. The minimum atomic E-state index is 0.687.